The number of hydrogen-bond acceptors (Lipinski definition) is 3. The van der Waals surface area contributed by atoms with E-state index in [2.05, 4.69) is 32.0 Å². The molecule has 74 valence electrons. The van der Waals surface area contributed by atoms with Crippen LogP contribution in [-0.4, -0.2) is 9.97 Å². The Balaban J connectivity index is 2.35. The molecule has 5 heteroatoms. The molecule has 0 radical (unpaired) electrons. The van der Waals surface area contributed by atoms with Crippen molar-refractivity contribution in [1.29, 1.82) is 5.26 Å². The number of aromatic amines is 1. The highest BCUT2D eigenvalue weighted by atomic mass is 79.9. The average molecular weight is 280 g/mol. The van der Waals surface area contributed by atoms with Crippen molar-refractivity contribution in [2.75, 3.05) is 0 Å². The van der Waals surface area contributed by atoms with Crippen LogP contribution in [0.3, 0.4) is 0 Å². The van der Waals surface area contributed by atoms with E-state index in [0.717, 1.165) is 14.5 Å². The topological polar surface area (TPSA) is 52.5 Å². The summed E-state index contributed by atoms with van der Waals surface area (Å²) in [5, 5.41) is 9.71. The molecule has 1 heterocycles. The molecule has 1 aromatic heterocycles. The van der Waals surface area contributed by atoms with Gasteiger partial charge in [-0.25, -0.2) is 4.98 Å². The van der Waals surface area contributed by atoms with Gasteiger partial charge < -0.3 is 4.98 Å². The van der Waals surface area contributed by atoms with Gasteiger partial charge in [-0.2, -0.15) is 5.26 Å². The van der Waals surface area contributed by atoms with Gasteiger partial charge in [-0.15, -0.1) is 0 Å². The number of nitrogens with one attached hydrogen (secondary N) is 1. The molecule has 0 saturated heterocycles. The maximum Gasteiger partial charge on any atom is 0.170 e. The fourth-order valence-corrected chi connectivity index (χ4v) is 2.45. The summed E-state index contributed by atoms with van der Waals surface area (Å²) in [6.07, 6.45) is 3.44. The van der Waals surface area contributed by atoms with Crippen molar-refractivity contribution in [3.05, 3.63) is 40.6 Å². The third-order valence-electron chi connectivity index (χ3n) is 1.74. The largest absolute Gasteiger partial charge is 0.339 e. The van der Waals surface area contributed by atoms with Gasteiger partial charge in [0.1, 0.15) is 6.07 Å². The number of benzene rings is 1. The summed E-state index contributed by atoms with van der Waals surface area (Å²) in [6, 6.07) is 7.70. The molecule has 1 N–H and O–H groups in total. The molecule has 0 spiro atoms. The van der Waals surface area contributed by atoms with Crippen LogP contribution in [0.4, 0.5) is 0 Å². The molecule has 1 aromatic carbocycles. The molecule has 0 fully saturated rings. The lowest BCUT2D eigenvalue weighted by Gasteiger charge is -2.01. The maximum atomic E-state index is 8.93. The van der Waals surface area contributed by atoms with E-state index in [-0.39, 0.29) is 0 Å². The summed E-state index contributed by atoms with van der Waals surface area (Å²) in [5.41, 5.74) is 0.652. The van der Waals surface area contributed by atoms with Gasteiger partial charge in [0.05, 0.1) is 5.56 Å². The summed E-state index contributed by atoms with van der Waals surface area (Å²) >= 11 is 4.82. The van der Waals surface area contributed by atoms with Gasteiger partial charge in [0.2, 0.25) is 0 Å². The zero-order valence-electron chi connectivity index (χ0n) is 7.57. The highest BCUT2D eigenvalue weighted by molar-refractivity contribution is 9.10. The van der Waals surface area contributed by atoms with Gasteiger partial charge in [-0.3, -0.25) is 0 Å². The Morgan fingerprint density at radius 1 is 1.47 bits per heavy atom. The summed E-state index contributed by atoms with van der Waals surface area (Å²) in [6.45, 7) is 0. The molecule has 0 aliphatic rings. The normalized spacial score (nSPS) is 9.87. The molecule has 0 aliphatic heterocycles. The molecule has 0 unspecified atom stereocenters. The Morgan fingerprint density at radius 3 is 3.00 bits per heavy atom. The van der Waals surface area contributed by atoms with Crippen molar-refractivity contribution in [3.8, 4) is 6.07 Å². The van der Waals surface area contributed by atoms with Crippen LogP contribution < -0.4 is 0 Å². The van der Waals surface area contributed by atoms with Gasteiger partial charge in [0.25, 0.3) is 0 Å². The standard InChI is InChI=1S/C10H6BrN3S/c11-8-2-1-7(6-12)9(5-8)15-10-13-3-4-14-10/h1-5H,(H,13,14). The Labute approximate surface area is 99.7 Å². The Kier molecular flexibility index (Phi) is 3.09. The molecule has 0 atom stereocenters. The summed E-state index contributed by atoms with van der Waals surface area (Å²) < 4.78 is 0.954. The molecular formula is C10H6BrN3S. The molecule has 15 heavy (non-hydrogen) atoms. The number of H-pyrrole nitrogens is 1. The van der Waals surface area contributed by atoms with Crippen LogP contribution in [0.5, 0.6) is 0 Å². The number of nitrogens with zero attached hydrogens (tertiary/aromatic N) is 2. The first-order valence-electron chi connectivity index (χ1n) is 4.16. The van der Waals surface area contributed by atoms with Gasteiger partial charge in [-0.1, -0.05) is 27.7 Å². The van der Waals surface area contributed by atoms with Crippen molar-refractivity contribution in [2.24, 2.45) is 0 Å². The molecule has 0 saturated carbocycles. The third kappa shape index (κ3) is 2.41. The Hall–Kier alpha value is -1.25. The van der Waals surface area contributed by atoms with E-state index in [9.17, 15) is 0 Å². The minimum Gasteiger partial charge on any atom is -0.339 e. The van der Waals surface area contributed by atoms with Gasteiger partial charge >= 0.3 is 0 Å². The zero-order valence-corrected chi connectivity index (χ0v) is 9.97. The van der Waals surface area contributed by atoms with Gasteiger partial charge in [0.15, 0.2) is 5.16 Å². The van der Waals surface area contributed by atoms with E-state index in [1.807, 2.05) is 12.1 Å². The molecule has 2 rings (SSSR count). The van der Waals surface area contributed by atoms with Crippen molar-refractivity contribution in [1.82, 2.24) is 9.97 Å². The molecule has 2 aromatic rings. The van der Waals surface area contributed by atoms with Crippen molar-refractivity contribution < 1.29 is 0 Å². The lowest BCUT2D eigenvalue weighted by atomic mass is 10.2. The number of halogens is 1. The van der Waals surface area contributed by atoms with Crippen molar-refractivity contribution in [3.63, 3.8) is 0 Å². The molecule has 0 bridgehead atoms. The Bertz CT molecular complexity index is 502. The molecule has 0 aliphatic carbocycles. The zero-order chi connectivity index (χ0) is 10.7. The van der Waals surface area contributed by atoms with Gasteiger partial charge in [-0.05, 0) is 18.2 Å². The smallest absolute Gasteiger partial charge is 0.170 e. The number of hydrogen-bond donors (Lipinski definition) is 1. The van der Waals surface area contributed by atoms with E-state index in [1.54, 1.807) is 18.5 Å². The summed E-state index contributed by atoms with van der Waals surface area (Å²) in [7, 11) is 0. The van der Waals surface area contributed by atoms with E-state index >= 15 is 0 Å². The van der Waals surface area contributed by atoms with Crippen molar-refractivity contribution >= 4 is 27.7 Å². The fourth-order valence-electron chi connectivity index (χ4n) is 1.08. The lowest BCUT2D eigenvalue weighted by molar-refractivity contribution is 1.06. The third-order valence-corrected chi connectivity index (χ3v) is 3.21. The van der Waals surface area contributed by atoms with E-state index in [1.165, 1.54) is 11.8 Å². The summed E-state index contributed by atoms with van der Waals surface area (Å²) in [5.74, 6) is 0. The maximum absolute atomic E-state index is 8.93. The molecule has 3 nitrogen and oxygen atoms in total. The molecular weight excluding hydrogens is 274 g/mol. The highest BCUT2D eigenvalue weighted by Gasteiger charge is 2.06. The van der Waals surface area contributed by atoms with Crippen LogP contribution in [0.1, 0.15) is 5.56 Å². The van der Waals surface area contributed by atoms with E-state index < -0.39 is 0 Å². The number of rotatable bonds is 2. The monoisotopic (exact) mass is 279 g/mol. The number of imidazole rings is 1. The quantitative estimate of drug-likeness (QED) is 0.919. The van der Waals surface area contributed by atoms with Crippen LogP contribution in [0.2, 0.25) is 0 Å². The second-order valence-electron chi connectivity index (χ2n) is 2.75. The van der Waals surface area contributed by atoms with Crippen molar-refractivity contribution in [2.45, 2.75) is 10.1 Å². The lowest BCUT2D eigenvalue weighted by Crippen LogP contribution is -1.82. The predicted molar refractivity (Wildman–Crippen MR) is 61.6 cm³/mol. The second-order valence-corrected chi connectivity index (χ2v) is 4.69. The first-order chi connectivity index (χ1) is 7.29. The van der Waals surface area contributed by atoms with Gasteiger partial charge in [0, 0.05) is 21.8 Å². The minimum atomic E-state index is 0.652. The average Bonchev–Trinajstić information content (AvgIpc) is 2.71. The summed E-state index contributed by atoms with van der Waals surface area (Å²) in [4.78, 5) is 7.97. The SMILES string of the molecule is N#Cc1ccc(Br)cc1Sc1ncc[nH]1. The second kappa shape index (κ2) is 4.51. The van der Waals surface area contributed by atoms with Crippen LogP contribution in [0.15, 0.2) is 45.1 Å². The van der Waals surface area contributed by atoms with E-state index in [4.69, 9.17) is 5.26 Å². The fraction of sp³-hybridized carbons (Fsp3) is 0. The van der Waals surface area contributed by atoms with Crippen LogP contribution in [0.25, 0.3) is 0 Å². The Morgan fingerprint density at radius 2 is 2.33 bits per heavy atom. The number of nitriles is 1. The minimum absolute atomic E-state index is 0.652. The van der Waals surface area contributed by atoms with Crippen LogP contribution in [0, 0.1) is 11.3 Å². The van der Waals surface area contributed by atoms with Crippen LogP contribution >= 0.6 is 27.7 Å². The predicted octanol–water partition coefficient (Wildman–Crippen LogP) is 3.20. The highest BCUT2D eigenvalue weighted by Crippen LogP contribution is 2.29. The van der Waals surface area contributed by atoms with Crippen LogP contribution in [-0.2, 0) is 0 Å². The first-order valence-corrected chi connectivity index (χ1v) is 5.77. The first kappa shape index (κ1) is 10.3. The van der Waals surface area contributed by atoms with E-state index in [0.29, 0.717) is 5.56 Å². The molecule has 0 amide bonds. The number of aromatic nitrogens is 2.